The van der Waals surface area contributed by atoms with Crippen molar-refractivity contribution in [2.45, 2.75) is 0 Å². The van der Waals surface area contributed by atoms with E-state index in [0.29, 0.717) is 11.6 Å². The van der Waals surface area contributed by atoms with Gasteiger partial charge in [0, 0.05) is 10.4 Å². The SMILES string of the molecule is COc1ccc(C2=N/C(=C\c3ccc(Br)s3)C(=O)O2)cc1. The van der Waals surface area contributed by atoms with Gasteiger partial charge in [-0.2, -0.15) is 0 Å². The van der Waals surface area contributed by atoms with Gasteiger partial charge < -0.3 is 9.47 Å². The lowest BCUT2D eigenvalue weighted by atomic mass is 10.2. The van der Waals surface area contributed by atoms with Crippen LogP contribution in [0.4, 0.5) is 0 Å². The van der Waals surface area contributed by atoms with Crippen molar-refractivity contribution >= 4 is 45.2 Å². The van der Waals surface area contributed by atoms with Gasteiger partial charge >= 0.3 is 5.97 Å². The first-order valence-electron chi connectivity index (χ1n) is 6.08. The maximum Gasteiger partial charge on any atom is 0.363 e. The zero-order valence-corrected chi connectivity index (χ0v) is 13.4. The average Bonchev–Trinajstić information content (AvgIpc) is 3.06. The van der Waals surface area contributed by atoms with Gasteiger partial charge in [0.1, 0.15) is 5.75 Å². The smallest absolute Gasteiger partial charge is 0.363 e. The Bertz CT molecular complexity index is 747. The van der Waals surface area contributed by atoms with Crippen molar-refractivity contribution < 1.29 is 14.3 Å². The third kappa shape index (κ3) is 3.06. The second-order valence-electron chi connectivity index (χ2n) is 4.21. The third-order valence-electron chi connectivity index (χ3n) is 2.83. The molecule has 1 aromatic carbocycles. The van der Waals surface area contributed by atoms with Crippen LogP contribution in [-0.4, -0.2) is 19.0 Å². The van der Waals surface area contributed by atoms with E-state index in [-0.39, 0.29) is 0 Å². The van der Waals surface area contributed by atoms with E-state index < -0.39 is 5.97 Å². The predicted octanol–water partition coefficient (Wildman–Crippen LogP) is 3.86. The normalized spacial score (nSPS) is 16.0. The van der Waals surface area contributed by atoms with E-state index in [4.69, 9.17) is 9.47 Å². The molecule has 0 fully saturated rings. The van der Waals surface area contributed by atoms with E-state index in [9.17, 15) is 4.79 Å². The van der Waals surface area contributed by atoms with Crippen molar-refractivity contribution in [3.63, 3.8) is 0 Å². The number of benzene rings is 1. The summed E-state index contributed by atoms with van der Waals surface area (Å²) in [5.74, 6) is 0.609. The van der Waals surface area contributed by atoms with Crippen molar-refractivity contribution in [3.05, 3.63) is 56.3 Å². The number of nitrogens with zero attached hydrogens (tertiary/aromatic N) is 1. The summed E-state index contributed by atoms with van der Waals surface area (Å²) in [4.78, 5) is 17.0. The second-order valence-corrected chi connectivity index (χ2v) is 6.70. The molecule has 1 aromatic heterocycles. The first kappa shape index (κ1) is 14.0. The monoisotopic (exact) mass is 363 g/mol. The van der Waals surface area contributed by atoms with Crippen molar-refractivity contribution in [1.29, 1.82) is 0 Å². The molecule has 0 aliphatic carbocycles. The van der Waals surface area contributed by atoms with Gasteiger partial charge in [0.15, 0.2) is 5.70 Å². The zero-order valence-electron chi connectivity index (χ0n) is 11.0. The number of hydrogen-bond acceptors (Lipinski definition) is 5. The minimum atomic E-state index is -0.439. The number of thiophene rings is 1. The lowest BCUT2D eigenvalue weighted by Crippen LogP contribution is -2.05. The van der Waals surface area contributed by atoms with Gasteiger partial charge in [-0.05, 0) is 58.4 Å². The Morgan fingerprint density at radius 1 is 1.24 bits per heavy atom. The predicted molar refractivity (Wildman–Crippen MR) is 85.6 cm³/mol. The topological polar surface area (TPSA) is 47.9 Å². The van der Waals surface area contributed by atoms with Crippen LogP contribution in [0, 0.1) is 0 Å². The lowest BCUT2D eigenvalue weighted by Gasteiger charge is -2.01. The highest BCUT2D eigenvalue weighted by Crippen LogP contribution is 2.26. The molecule has 106 valence electrons. The number of carbonyl (C=O) groups excluding carboxylic acids is 1. The molecule has 0 radical (unpaired) electrons. The summed E-state index contributed by atoms with van der Waals surface area (Å²) in [7, 11) is 1.60. The third-order valence-corrected chi connectivity index (χ3v) is 4.40. The Morgan fingerprint density at radius 2 is 2.00 bits per heavy atom. The number of esters is 1. The molecule has 1 aliphatic rings. The fourth-order valence-electron chi connectivity index (χ4n) is 1.81. The largest absolute Gasteiger partial charge is 0.497 e. The number of aliphatic imine (C=N–C) groups is 1. The number of halogens is 1. The molecule has 1 aliphatic heterocycles. The summed E-state index contributed by atoms with van der Waals surface area (Å²) in [5.41, 5.74) is 1.04. The summed E-state index contributed by atoms with van der Waals surface area (Å²) in [6, 6.07) is 11.0. The molecule has 2 heterocycles. The number of hydrogen-bond donors (Lipinski definition) is 0. The molecule has 0 N–H and O–H groups in total. The van der Waals surface area contributed by atoms with E-state index in [0.717, 1.165) is 20.0 Å². The van der Waals surface area contributed by atoms with Gasteiger partial charge in [-0.3, -0.25) is 0 Å². The molecule has 3 rings (SSSR count). The van der Waals surface area contributed by atoms with E-state index in [1.54, 1.807) is 37.5 Å². The number of carbonyl (C=O) groups is 1. The molecule has 0 saturated heterocycles. The van der Waals surface area contributed by atoms with Gasteiger partial charge in [0.05, 0.1) is 10.9 Å². The molecule has 4 nitrogen and oxygen atoms in total. The average molecular weight is 364 g/mol. The summed E-state index contributed by atoms with van der Waals surface area (Å²) in [6.07, 6.45) is 1.72. The van der Waals surface area contributed by atoms with Gasteiger partial charge in [-0.1, -0.05) is 0 Å². The Kier molecular flexibility index (Phi) is 3.90. The molecular weight excluding hydrogens is 354 g/mol. The summed E-state index contributed by atoms with van der Waals surface area (Å²) in [5, 5.41) is 0. The lowest BCUT2D eigenvalue weighted by molar-refractivity contribution is -0.129. The van der Waals surface area contributed by atoms with Crippen LogP contribution in [0.3, 0.4) is 0 Å². The first-order chi connectivity index (χ1) is 10.2. The number of ether oxygens (including phenoxy) is 2. The number of cyclic esters (lactones) is 1. The second kappa shape index (κ2) is 5.83. The van der Waals surface area contributed by atoms with Gasteiger partial charge in [-0.25, -0.2) is 9.79 Å². The van der Waals surface area contributed by atoms with Crippen LogP contribution in [0.25, 0.3) is 6.08 Å². The minimum absolute atomic E-state index is 0.301. The van der Waals surface area contributed by atoms with Crippen LogP contribution in [0.5, 0.6) is 5.75 Å². The van der Waals surface area contributed by atoms with Crippen LogP contribution in [0.2, 0.25) is 0 Å². The molecule has 2 aromatic rings. The molecule has 6 heteroatoms. The number of methoxy groups -OCH3 is 1. The maximum atomic E-state index is 11.9. The standard InChI is InChI=1S/C15H10BrNO3S/c1-19-10-4-2-9(3-5-10)14-17-12(15(18)20-14)8-11-6-7-13(16)21-11/h2-8H,1H3/b12-8-. The van der Waals surface area contributed by atoms with Crippen LogP contribution >= 0.6 is 27.3 Å². The Labute approximate surface area is 133 Å². The maximum absolute atomic E-state index is 11.9. The minimum Gasteiger partial charge on any atom is -0.497 e. The van der Waals surface area contributed by atoms with E-state index in [1.165, 1.54) is 11.3 Å². The highest BCUT2D eigenvalue weighted by molar-refractivity contribution is 9.11. The van der Waals surface area contributed by atoms with Crippen LogP contribution in [0.1, 0.15) is 10.4 Å². The van der Waals surface area contributed by atoms with E-state index >= 15 is 0 Å². The summed E-state index contributed by atoms with van der Waals surface area (Å²) < 4.78 is 11.3. The highest BCUT2D eigenvalue weighted by Gasteiger charge is 2.24. The molecule has 0 atom stereocenters. The molecule has 0 saturated carbocycles. The molecule has 0 amide bonds. The Balaban J connectivity index is 1.89. The molecule has 0 spiro atoms. The van der Waals surface area contributed by atoms with Crippen LogP contribution in [-0.2, 0) is 9.53 Å². The van der Waals surface area contributed by atoms with Crippen LogP contribution < -0.4 is 4.74 Å². The fraction of sp³-hybridized carbons (Fsp3) is 0.0667. The molecule has 0 unspecified atom stereocenters. The van der Waals surface area contributed by atoms with E-state index in [1.807, 2.05) is 12.1 Å². The van der Waals surface area contributed by atoms with Crippen molar-refractivity contribution in [3.8, 4) is 5.75 Å². The molecule has 21 heavy (non-hydrogen) atoms. The zero-order chi connectivity index (χ0) is 14.8. The summed E-state index contributed by atoms with van der Waals surface area (Å²) >= 11 is 4.91. The van der Waals surface area contributed by atoms with Crippen molar-refractivity contribution in [2.75, 3.05) is 7.11 Å². The highest BCUT2D eigenvalue weighted by atomic mass is 79.9. The first-order valence-corrected chi connectivity index (χ1v) is 7.69. The molecule has 0 bridgehead atoms. The Hall–Kier alpha value is -1.92. The van der Waals surface area contributed by atoms with Crippen molar-refractivity contribution in [2.24, 2.45) is 4.99 Å². The summed E-state index contributed by atoms with van der Waals surface area (Å²) in [6.45, 7) is 0. The van der Waals surface area contributed by atoms with Gasteiger partial charge in [0.2, 0.25) is 5.90 Å². The Morgan fingerprint density at radius 3 is 2.62 bits per heavy atom. The van der Waals surface area contributed by atoms with Gasteiger partial charge in [-0.15, -0.1) is 11.3 Å². The molecular formula is C15H10BrNO3S. The number of rotatable bonds is 3. The van der Waals surface area contributed by atoms with Crippen molar-refractivity contribution in [1.82, 2.24) is 0 Å². The quantitative estimate of drug-likeness (QED) is 0.614. The van der Waals surface area contributed by atoms with Gasteiger partial charge in [0.25, 0.3) is 0 Å². The fourth-order valence-corrected chi connectivity index (χ4v) is 3.17. The van der Waals surface area contributed by atoms with E-state index in [2.05, 4.69) is 20.9 Å². The van der Waals surface area contributed by atoms with Crippen LogP contribution in [0.15, 0.2) is 50.9 Å².